The number of esters is 2. The number of rotatable bonds is 33. The van der Waals surface area contributed by atoms with E-state index < -0.39 is 119 Å². The Labute approximate surface area is 531 Å². The summed E-state index contributed by atoms with van der Waals surface area (Å²) in [5.41, 5.74) is -0.344. The number of sulfone groups is 2. The number of alkyl carbamates (subject to hydrolysis) is 2. The number of ether oxygens (including phenoxy) is 8. The summed E-state index contributed by atoms with van der Waals surface area (Å²) in [5.74, 6) is -1.74. The normalized spacial score (nSPS) is 12.7. The molecule has 4 aromatic carbocycles. The van der Waals surface area contributed by atoms with Gasteiger partial charge < -0.3 is 69.8 Å². The molecule has 34 heteroatoms. The van der Waals surface area contributed by atoms with E-state index in [0.29, 0.717) is 12.8 Å². The van der Waals surface area contributed by atoms with Gasteiger partial charge in [0.05, 0.1) is 46.6 Å². The molecule has 26 nitrogen and oxygen atoms in total. The Bertz CT molecular complexity index is 3360. The Hall–Kier alpha value is -9.08. The van der Waals surface area contributed by atoms with E-state index in [4.69, 9.17) is 23.7 Å². The molecule has 0 aliphatic heterocycles. The largest absolute Gasteiger partial charge is 0.467 e. The zero-order valence-electron chi connectivity index (χ0n) is 51.0. The quantitative estimate of drug-likeness (QED) is 0.0112. The third-order valence-corrected chi connectivity index (χ3v) is 16.7. The van der Waals surface area contributed by atoms with Gasteiger partial charge in [0.25, 0.3) is 0 Å². The van der Waals surface area contributed by atoms with Gasteiger partial charge in [0.1, 0.15) is 48.3 Å². The maximum Gasteiger partial charge on any atom is 0.413 e. The fraction of sp³-hybridized carbons (Fsp3) is 0.458. The van der Waals surface area contributed by atoms with Crippen LogP contribution in [0.25, 0.3) is 0 Å². The van der Waals surface area contributed by atoms with Gasteiger partial charge in [-0.3, -0.25) is 0 Å². The summed E-state index contributed by atoms with van der Waals surface area (Å²) in [7, 11) is -6.05. The third-order valence-electron chi connectivity index (χ3n) is 13.1. The van der Waals surface area contributed by atoms with Crippen LogP contribution < -0.4 is 50.8 Å². The minimum Gasteiger partial charge on any atom is -0.467 e. The number of carbonyl (C=O) groups excluding carboxylic acids is 8. The van der Waals surface area contributed by atoms with Gasteiger partial charge in [-0.1, -0.05) is 20.8 Å². The van der Waals surface area contributed by atoms with E-state index in [-0.39, 0.29) is 119 Å². The molecule has 4 aromatic rings. The van der Waals surface area contributed by atoms with Gasteiger partial charge in [0.2, 0.25) is 19.7 Å². The third kappa shape index (κ3) is 28.5. The van der Waals surface area contributed by atoms with Gasteiger partial charge in [-0.05, 0) is 160 Å². The number of benzene rings is 4. The molecule has 93 heavy (non-hydrogen) atoms. The summed E-state index contributed by atoms with van der Waals surface area (Å²) in [5, 5.41) is 14.6. The van der Waals surface area contributed by atoms with Gasteiger partial charge >= 0.3 is 60.9 Å². The van der Waals surface area contributed by atoms with E-state index in [2.05, 4.69) is 46.1 Å². The number of hydrogen-bond acceptors (Lipinski definition) is 20. The molecule has 6 amide bonds. The number of alkyl halides is 6. The summed E-state index contributed by atoms with van der Waals surface area (Å²) in [4.78, 5) is 97.6. The van der Waals surface area contributed by atoms with E-state index in [1.807, 2.05) is 20.8 Å². The Balaban J connectivity index is 1.12. The number of nitrogens with one attached hydrogen (secondary N) is 6. The van der Waals surface area contributed by atoms with Crippen LogP contribution in [0.15, 0.2) is 117 Å². The second kappa shape index (κ2) is 36.2. The average Bonchev–Trinajstić information content (AvgIpc) is 1.22. The van der Waals surface area contributed by atoms with Crippen molar-refractivity contribution in [1.29, 1.82) is 0 Å². The van der Waals surface area contributed by atoms with Crippen molar-refractivity contribution >= 4 is 68.2 Å². The van der Waals surface area contributed by atoms with Crippen molar-refractivity contribution in [3.63, 3.8) is 0 Å². The minimum atomic E-state index is -4.54. The molecule has 0 bridgehead atoms. The highest BCUT2D eigenvalue weighted by Crippen LogP contribution is 2.30. The molecular weight excluding hydrogens is 1290 g/mol. The van der Waals surface area contributed by atoms with E-state index in [0.717, 1.165) is 14.2 Å². The molecular formula is C59H72F6N6O20S2. The Kier molecular flexibility index (Phi) is 29.8. The predicted molar refractivity (Wildman–Crippen MR) is 315 cm³/mol. The highest BCUT2D eigenvalue weighted by atomic mass is 32.2. The monoisotopic (exact) mass is 1360 g/mol. The minimum absolute atomic E-state index is 0.00181. The van der Waals surface area contributed by atoms with Crippen molar-refractivity contribution in [3.8, 4) is 23.0 Å². The smallest absolute Gasteiger partial charge is 0.413 e. The van der Waals surface area contributed by atoms with Crippen LogP contribution in [-0.4, -0.2) is 143 Å². The summed E-state index contributed by atoms with van der Waals surface area (Å²) in [6.07, 6.45) is -15.4. The molecule has 4 rings (SSSR count). The van der Waals surface area contributed by atoms with Crippen molar-refractivity contribution in [2.24, 2.45) is 11.3 Å². The lowest BCUT2D eigenvalue weighted by Gasteiger charge is -2.28. The second-order valence-corrected chi connectivity index (χ2v) is 25.2. The molecule has 3 unspecified atom stereocenters. The summed E-state index contributed by atoms with van der Waals surface area (Å²) < 4.78 is 167. The van der Waals surface area contributed by atoms with Gasteiger partial charge in [-0.25, -0.2) is 55.2 Å². The highest BCUT2D eigenvalue weighted by Gasteiger charge is 2.30. The van der Waals surface area contributed by atoms with Crippen LogP contribution in [0, 0.1) is 11.3 Å². The van der Waals surface area contributed by atoms with E-state index >= 15 is 0 Å². The van der Waals surface area contributed by atoms with Crippen molar-refractivity contribution in [1.82, 2.24) is 31.9 Å². The van der Waals surface area contributed by atoms with Crippen LogP contribution >= 0.6 is 0 Å². The van der Waals surface area contributed by atoms with Crippen LogP contribution in [0.5, 0.6) is 23.0 Å². The van der Waals surface area contributed by atoms with Crippen LogP contribution in [0.2, 0.25) is 0 Å². The Morgan fingerprint density at radius 2 is 0.753 bits per heavy atom. The number of carbonyl (C=O) groups is 8. The standard InChI is InChI=1S/C59H72F6N6O20S2/c1-38(37-69-54(77)90-41-16-24-45(25-17-41)92(80,81)43-20-12-39(13-21-43)88-52(75)67-32-9-7-10-47(49(72)84-4)70-55(78)87-35-30-59(63,64)65)36-57(2,3)28-33-68-53(76)89-40-14-22-44(23-15-40)93(82,83)46-26-18-42(19-27-46)91-56(79)71-48(50(73)85-5)11-6-8-31-66-51(74)86-34-29-58(60,61)62/h12-27,38,47-48H,6-11,28-37H2,1-5H3,(H,66,74)(H,67,75)(H,68,76)(H,69,77)(H,70,78)(H,71,79). The van der Waals surface area contributed by atoms with Crippen molar-refractivity contribution in [2.75, 3.05) is 53.6 Å². The maximum atomic E-state index is 13.4. The molecule has 0 aliphatic rings. The van der Waals surface area contributed by atoms with Gasteiger partial charge in [0, 0.05) is 26.2 Å². The molecule has 6 N–H and O–H groups in total. The lowest BCUT2D eigenvalue weighted by molar-refractivity contribution is -0.145. The fourth-order valence-corrected chi connectivity index (χ4v) is 11.0. The number of methoxy groups -OCH3 is 2. The molecule has 0 radical (unpaired) electrons. The lowest BCUT2D eigenvalue weighted by atomic mass is 9.80. The first-order valence-electron chi connectivity index (χ1n) is 28.6. The van der Waals surface area contributed by atoms with Crippen LogP contribution in [-0.2, 0) is 48.2 Å². The van der Waals surface area contributed by atoms with Crippen LogP contribution in [0.3, 0.4) is 0 Å². The topological polar surface area (TPSA) is 351 Å². The highest BCUT2D eigenvalue weighted by molar-refractivity contribution is 7.91. The fourth-order valence-electron chi connectivity index (χ4n) is 8.47. The molecule has 0 fully saturated rings. The molecule has 0 aliphatic carbocycles. The molecule has 0 saturated carbocycles. The SMILES string of the molecule is COC(=O)C(CCCCNC(=O)Oc1ccc(S(=O)(=O)c2ccc(OC(=O)NCC(C)CC(C)(C)CCNC(=O)Oc3ccc(S(=O)(=O)c4ccc(OC(=O)NC(CCCCNC(=O)OCCC(F)(F)F)C(=O)OC)cc4)cc3)cc2)cc1)NC(=O)OCCC(F)(F)F. The number of amides is 6. The first-order chi connectivity index (χ1) is 43.7. The summed E-state index contributed by atoms with van der Waals surface area (Å²) >= 11 is 0. The first kappa shape index (κ1) is 76.4. The number of unbranched alkanes of at least 4 members (excludes halogenated alkanes) is 2. The van der Waals surface area contributed by atoms with Gasteiger partial charge in [-0.15, -0.1) is 0 Å². The molecule has 512 valence electrons. The molecule has 0 aromatic heterocycles. The number of halogens is 6. The molecule has 0 heterocycles. The number of hydrogen-bond donors (Lipinski definition) is 6. The van der Waals surface area contributed by atoms with E-state index in [1.165, 1.54) is 97.1 Å². The van der Waals surface area contributed by atoms with Gasteiger partial charge in [-0.2, -0.15) is 26.3 Å². The van der Waals surface area contributed by atoms with Crippen LogP contribution in [0.4, 0.5) is 55.1 Å². The van der Waals surface area contributed by atoms with Crippen molar-refractivity contribution < 1.29 is 119 Å². The average molecular weight is 1360 g/mol. The molecule has 0 spiro atoms. The Morgan fingerprint density at radius 1 is 0.430 bits per heavy atom. The second-order valence-electron chi connectivity index (χ2n) is 21.3. The first-order valence-corrected chi connectivity index (χ1v) is 31.5. The zero-order valence-corrected chi connectivity index (χ0v) is 52.7. The molecule has 0 saturated heterocycles. The Morgan fingerprint density at radius 3 is 1.12 bits per heavy atom. The summed E-state index contributed by atoms with van der Waals surface area (Å²) in [6.45, 7) is 4.51. The maximum absolute atomic E-state index is 13.4. The van der Waals surface area contributed by atoms with Gasteiger partial charge in [0.15, 0.2) is 0 Å². The van der Waals surface area contributed by atoms with E-state index in [1.54, 1.807) is 0 Å². The summed E-state index contributed by atoms with van der Waals surface area (Å²) in [6, 6.07) is 17.4. The zero-order chi connectivity index (χ0) is 69.0. The lowest BCUT2D eigenvalue weighted by Crippen LogP contribution is -2.43. The molecule has 3 atom stereocenters. The van der Waals surface area contributed by atoms with Crippen molar-refractivity contribution in [2.45, 2.75) is 129 Å². The van der Waals surface area contributed by atoms with Crippen LogP contribution in [0.1, 0.15) is 85.0 Å². The van der Waals surface area contributed by atoms with Crippen molar-refractivity contribution in [3.05, 3.63) is 97.1 Å². The predicted octanol–water partition coefficient (Wildman–Crippen LogP) is 9.63. The van der Waals surface area contributed by atoms with E-state index in [9.17, 15) is 81.5 Å².